The molecule has 122 valence electrons. The topological polar surface area (TPSA) is 53.6 Å². The van der Waals surface area contributed by atoms with E-state index in [9.17, 15) is 4.79 Å². The van der Waals surface area contributed by atoms with Crippen LogP contribution in [0.3, 0.4) is 0 Å². The van der Waals surface area contributed by atoms with Crippen LogP contribution in [0.5, 0.6) is 5.75 Å². The summed E-state index contributed by atoms with van der Waals surface area (Å²) in [6.45, 7) is 1.39. The summed E-state index contributed by atoms with van der Waals surface area (Å²) in [4.78, 5) is 14.0. The maximum Gasteiger partial charge on any atom is 0.319 e. The molecular formula is C18H23N3O2. The predicted octanol–water partition coefficient (Wildman–Crippen LogP) is 3.08. The molecule has 5 nitrogen and oxygen atoms in total. The van der Waals surface area contributed by atoms with E-state index in [0.717, 1.165) is 12.1 Å². The van der Waals surface area contributed by atoms with Crippen molar-refractivity contribution in [3.8, 4) is 5.75 Å². The Kier molecular flexibility index (Phi) is 6.00. The third-order valence-electron chi connectivity index (χ3n) is 3.30. The maximum absolute atomic E-state index is 11.9. The second kappa shape index (κ2) is 8.19. The lowest BCUT2D eigenvalue weighted by molar-refractivity contribution is 0.251. The maximum atomic E-state index is 11.9. The highest BCUT2D eigenvalue weighted by molar-refractivity contribution is 5.89. The molecule has 0 aromatic heterocycles. The molecule has 0 aliphatic rings. The molecule has 0 fully saturated rings. The standard InChI is InChI=1S/C18H23N3O2/c1-21(2)13-15-9-7-14(8-10-15)12-19-18(22)20-16-5-4-6-17(11-16)23-3/h4-11H,12-13H2,1-3H3,(H2,19,20,22). The van der Waals surface area contributed by atoms with E-state index in [1.165, 1.54) is 5.56 Å². The van der Waals surface area contributed by atoms with Crippen molar-refractivity contribution in [1.29, 1.82) is 0 Å². The second-order valence-electron chi connectivity index (χ2n) is 5.59. The summed E-state index contributed by atoms with van der Waals surface area (Å²) in [5.74, 6) is 0.708. The largest absolute Gasteiger partial charge is 0.497 e. The van der Waals surface area contributed by atoms with Gasteiger partial charge in [-0.2, -0.15) is 0 Å². The van der Waals surface area contributed by atoms with E-state index in [1.54, 1.807) is 13.2 Å². The number of amides is 2. The molecule has 0 spiro atoms. The third-order valence-corrected chi connectivity index (χ3v) is 3.30. The Balaban J connectivity index is 1.84. The number of nitrogens with one attached hydrogen (secondary N) is 2. The number of methoxy groups -OCH3 is 1. The SMILES string of the molecule is COc1cccc(NC(=O)NCc2ccc(CN(C)C)cc2)c1. The van der Waals surface area contributed by atoms with Gasteiger partial charge in [0.1, 0.15) is 5.75 Å². The lowest BCUT2D eigenvalue weighted by Crippen LogP contribution is -2.28. The Morgan fingerprint density at radius 1 is 1.09 bits per heavy atom. The van der Waals surface area contributed by atoms with Gasteiger partial charge in [-0.1, -0.05) is 30.3 Å². The van der Waals surface area contributed by atoms with E-state index >= 15 is 0 Å². The average molecular weight is 313 g/mol. The van der Waals surface area contributed by atoms with E-state index < -0.39 is 0 Å². The minimum absolute atomic E-state index is 0.240. The van der Waals surface area contributed by atoms with Crippen molar-refractivity contribution in [3.63, 3.8) is 0 Å². The van der Waals surface area contributed by atoms with Gasteiger partial charge >= 0.3 is 6.03 Å². The summed E-state index contributed by atoms with van der Waals surface area (Å²) in [6.07, 6.45) is 0. The number of hydrogen-bond donors (Lipinski definition) is 2. The normalized spacial score (nSPS) is 10.4. The number of ether oxygens (including phenoxy) is 1. The van der Waals surface area contributed by atoms with Crippen LogP contribution >= 0.6 is 0 Å². The summed E-state index contributed by atoms with van der Waals surface area (Å²) in [6, 6.07) is 15.2. The van der Waals surface area contributed by atoms with Crippen molar-refractivity contribution in [2.75, 3.05) is 26.5 Å². The molecule has 2 aromatic carbocycles. The van der Waals surface area contributed by atoms with Crippen molar-refractivity contribution < 1.29 is 9.53 Å². The van der Waals surface area contributed by atoms with Crippen LogP contribution in [-0.2, 0) is 13.1 Å². The first-order chi connectivity index (χ1) is 11.1. The average Bonchev–Trinajstić information content (AvgIpc) is 2.54. The quantitative estimate of drug-likeness (QED) is 0.862. The molecule has 0 saturated carbocycles. The Hall–Kier alpha value is -2.53. The van der Waals surface area contributed by atoms with Crippen molar-refractivity contribution in [3.05, 3.63) is 59.7 Å². The van der Waals surface area contributed by atoms with Crippen LogP contribution in [0, 0.1) is 0 Å². The van der Waals surface area contributed by atoms with Crippen LogP contribution in [0.2, 0.25) is 0 Å². The highest BCUT2D eigenvalue weighted by atomic mass is 16.5. The fourth-order valence-corrected chi connectivity index (χ4v) is 2.19. The molecule has 2 rings (SSSR count). The summed E-state index contributed by atoms with van der Waals surface area (Å²) < 4.78 is 5.13. The molecule has 23 heavy (non-hydrogen) atoms. The highest BCUT2D eigenvalue weighted by Crippen LogP contribution is 2.16. The molecule has 0 radical (unpaired) electrons. The molecule has 2 amide bonds. The van der Waals surface area contributed by atoms with E-state index in [2.05, 4.69) is 27.7 Å². The second-order valence-corrected chi connectivity index (χ2v) is 5.59. The summed E-state index contributed by atoms with van der Waals surface area (Å²) in [5.41, 5.74) is 3.01. The van der Waals surface area contributed by atoms with Gasteiger partial charge in [0.2, 0.25) is 0 Å². The monoisotopic (exact) mass is 313 g/mol. The van der Waals surface area contributed by atoms with Crippen LogP contribution in [0.15, 0.2) is 48.5 Å². The van der Waals surface area contributed by atoms with E-state index in [-0.39, 0.29) is 6.03 Å². The van der Waals surface area contributed by atoms with Crippen molar-refractivity contribution in [1.82, 2.24) is 10.2 Å². The predicted molar refractivity (Wildman–Crippen MR) is 92.7 cm³/mol. The number of rotatable bonds is 6. The van der Waals surface area contributed by atoms with E-state index in [0.29, 0.717) is 18.0 Å². The van der Waals surface area contributed by atoms with E-state index in [1.807, 2.05) is 44.4 Å². The lowest BCUT2D eigenvalue weighted by atomic mass is 10.1. The molecule has 0 aliphatic carbocycles. The number of benzene rings is 2. The number of hydrogen-bond acceptors (Lipinski definition) is 3. The third kappa shape index (κ3) is 5.64. The minimum atomic E-state index is -0.240. The minimum Gasteiger partial charge on any atom is -0.497 e. The molecule has 5 heteroatoms. The van der Waals surface area contributed by atoms with Crippen LogP contribution < -0.4 is 15.4 Å². The Labute approximate surface area is 137 Å². The molecule has 2 aromatic rings. The van der Waals surface area contributed by atoms with Gasteiger partial charge < -0.3 is 20.3 Å². The molecule has 0 bridgehead atoms. The lowest BCUT2D eigenvalue weighted by Gasteiger charge is -2.11. The zero-order chi connectivity index (χ0) is 16.7. The van der Waals surface area contributed by atoms with Crippen LogP contribution in [0.1, 0.15) is 11.1 Å². The fourth-order valence-electron chi connectivity index (χ4n) is 2.19. The number of carbonyl (C=O) groups excluding carboxylic acids is 1. The number of carbonyl (C=O) groups is 1. The van der Waals surface area contributed by atoms with Gasteiger partial charge in [0.15, 0.2) is 0 Å². The van der Waals surface area contributed by atoms with Crippen LogP contribution in [-0.4, -0.2) is 32.1 Å². The van der Waals surface area contributed by atoms with Crippen LogP contribution in [0.4, 0.5) is 10.5 Å². The Morgan fingerprint density at radius 3 is 2.43 bits per heavy atom. The van der Waals surface area contributed by atoms with Gasteiger partial charge in [-0.3, -0.25) is 0 Å². The Morgan fingerprint density at radius 2 is 1.78 bits per heavy atom. The zero-order valence-electron chi connectivity index (χ0n) is 13.8. The molecular weight excluding hydrogens is 290 g/mol. The first-order valence-corrected chi connectivity index (χ1v) is 7.48. The fraction of sp³-hybridized carbons (Fsp3) is 0.278. The van der Waals surface area contributed by atoms with Gasteiger partial charge in [-0.05, 0) is 37.4 Å². The van der Waals surface area contributed by atoms with Gasteiger partial charge in [0.25, 0.3) is 0 Å². The first kappa shape index (κ1) is 16.8. The molecule has 0 heterocycles. The smallest absolute Gasteiger partial charge is 0.319 e. The molecule has 2 N–H and O–H groups in total. The summed E-state index contributed by atoms with van der Waals surface area (Å²) >= 11 is 0. The van der Waals surface area contributed by atoms with Gasteiger partial charge in [0, 0.05) is 24.8 Å². The van der Waals surface area contributed by atoms with Gasteiger partial charge in [0.05, 0.1) is 7.11 Å². The summed E-state index contributed by atoms with van der Waals surface area (Å²) in [5, 5.41) is 5.63. The zero-order valence-corrected chi connectivity index (χ0v) is 13.8. The highest BCUT2D eigenvalue weighted by Gasteiger charge is 2.03. The van der Waals surface area contributed by atoms with Crippen molar-refractivity contribution in [2.24, 2.45) is 0 Å². The number of nitrogens with zero attached hydrogens (tertiary/aromatic N) is 1. The van der Waals surface area contributed by atoms with E-state index in [4.69, 9.17) is 4.74 Å². The summed E-state index contributed by atoms with van der Waals surface area (Å²) in [7, 11) is 5.68. The number of anilines is 1. The molecule has 0 aliphatic heterocycles. The number of urea groups is 1. The molecule has 0 atom stereocenters. The van der Waals surface area contributed by atoms with Gasteiger partial charge in [-0.15, -0.1) is 0 Å². The van der Waals surface area contributed by atoms with Crippen LogP contribution in [0.25, 0.3) is 0 Å². The molecule has 0 unspecified atom stereocenters. The van der Waals surface area contributed by atoms with Crippen molar-refractivity contribution in [2.45, 2.75) is 13.1 Å². The van der Waals surface area contributed by atoms with Gasteiger partial charge in [-0.25, -0.2) is 4.79 Å². The molecule has 0 saturated heterocycles. The Bertz CT molecular complexity index is 639. The first-order valence-electron chi connectivity index (χ1n) is 7.48. The van der Waals surface area contributed by atoms with Crippen molar-refractivity contribution >= 4 is 11.7 Å².